The van der Waals surface area contributed by atoms with Crippen molar-refractivity contribution < 1.29 is 14.3 Å². The van der Waals surface area contributed by atoms with Gasteiger partial charge in [0.25, 0.3) is 5.91 Å². The molecule has 0 radical (unpaired) electrons. The van der Waals surface area contributed by atoms with E-state index >= 15 is 0 Å². The Hall–Kier alpha value is -2.21. The second-order valence-electron chi connectivity index (χ2n) is 5.31. The maximum atomic E-state index is 12.1. The largest absolute Gasteiger partial charge is 0.375 e. The lowest BCUT2D eigenvalue weighted by atomic mass is 10.0. The van der Waals surface area contributed by atoms with Crippen LogP contribution in [0.1, 0.15) is 30.0 Å². The van der Waals surface area contributed by atoms with E-state index < -0.39 is 0 Å². The number of amides is 2. The molecule has 0 aliphatic rings. The lowest BCUT2D eigenvalue weighted by molar-refractivity contribution is -0.124. The van der Waals surface area contributed by atoms with Crippen LogP contribution in [-0.4, -0.2) is 31.2 Å². The minimum Gasteiger partial charge on any atom is -0.375 e. The van der Waals surface area contributed by atoms with E-state index in [4.69, 9.17) is 0 Å². The van der Waals surface area contributed by atoms with Crippen LogP contribution in [0.15, 0.2) is 17.2 Å². The topological polar surface area (TPSA) is 79.8 Å². The zero-order valence-electron chi connectivity index (χ0n) is 13.7. The Bertz CT molecular complexity index is 571. The molecule has 0 spiro atoms. The number of nitrogens with one attached hydrogen (secondary N) is 2. The van der Waals surface area contributed by atoms with E-state index in [-0.39, 0.29) is 24.8 Å². The quantitative estimate of drug-likeness (QED) is 0.624. The molecule has 0 bridgehead atoms. The number of carbonyl (C=O) groups is 2. The van der Waals surface area contributed by atoms with Crippen molar-refractivity contribution in [2.45, 2.75) is 34.1 Å². The molecule has 22 heavy (non-hydrogen) atoms. The van der Waals surface area contributed by atoms with E-state index in [1.165, 1.54) is 7.11 Å². The average molecular weight is 305 g/mol. The van der Waals surface area contributed by atoms with Gasteiger partial charge in [-0.3, -0.25) is 9.59 Å². The van der Waals surface area contributed by atoms with Crippen molar-refractivity contribution in [3.05, 3.63) is 28.8 Å². The van der Waals surface area contributed by atoms with Crippen LogP contribution in [0.5, 0.6) is 0 Å². The normalized spacial score (nSPS) is 11.2. The molecule has 0 atom stereocenters. The Labute approximate surface area is 130 Å². The van der Waals surface area contributed by atoms with Crippen LogP contribution in [0.3, 0.4) is 0 Å². The highest BCUT2D eigenvalue weighted by molar-refractivity contribution is 6.06. The van der Waals surface area contributed by atoms with Crippen molar-refractivity contribution in [1.29, 1.82) is 0 Å². The van der Waals surface area contributed by atoms with Gasteiger partial charge in [0.05, 0.1) is 6.42 Å². The first kappa shape index (κ1) is 17.8. The Kier molecular flexibility index (Phi) is 6.72. The van der Waals surface area contributed by atoms with Crippen molar-refractivity contribution in [3.63, 3.8) is 0 Å². The number of rotatable bonds is 6. The lowest BCUT2D eigenvalue weighted by Gasteiger charge is -2.12. The van der Waals surface area contributed by atoms with Crippen LogP contribution in [0.2, 0.25) is 0 Å². The number of hydrazone groups is 1. The molecule has 120 valence electrons. The van der Waals surface area contributed by atoms with Gasteiger partial charge in [-0.15, -0.1) is 0 Å². The molecule has 0 fully saturated rings. The SMILES string of the molecule is COCC(=O)N/N=C(\C)CC(=O)Nc1c(C)cc(C)cc1C. The summed E-state index contributed by atoms with van der Waals surface area (Å²) in [6, 6.07) is 4.04. The van der Waals surface area contributed by atoms with Gasteiger partial charge in [0.1, 0.15) is 6.61 Å². The second kappa shape index (κ2) is 8.29. The molecule has 0 saturated heterocycles. The van der Waals surface area contributed by atoms with E-state index in [0.29, 0.717) is 5.71 Å². The molecule has 1 aromatic carbocycles. The Morgan fingerprint density at radius 3 is 2.27 bits per heavy atom. The lowest BCUT2D eigenvalue weighted by Crippen LogP contribution is -2.24. The number of anilines is 1. The van der Waals surface area contributed by atoms with E-state index in [1.54, 1.807) is 6.92 Å². The first-order valence-electron chi connectivity index (χ1n) is 7.02. The highest BCUT2D eigenvalue weighted by Gasteiger charge is 2.09. The van der Waals surface area contributed by atoms with Gasteiger partial charge in [0, 0.05) is 18.5 Å². The summed E-state index contributed by atoms with van der Waals surface area (Å²) in [4.78, 5) is 23.3. The zero-order chi connectivity index (χ0) is 16.7. The summed E-state index contributed by atoms with van der Waals surface area (Å²) in [5, 5.41) is 6.75. The molecule has 6 nitrogen and oxygen atoms in total. The molecule has 2 N–H and O–H groups in total. The Morgan fingerprint density at radius 1 is 1.14 bits per heavy atom. The summed E-state index contributed by atoms with van der Waals surface area (Å²) in [7, 11) is 1.43. The van der Waals surface area contributed by atoms with Gasteiger partial charge in [-0.1, -0.05) is 17.7 Å². The number of ether oxygens (including phenoxy) is 1. The molecule has 0 heterocycles. The molecule has 1 rings (SSSR count). The maximum absolute atomic E-state index is 12.1. The number of benzene rings is 1. The number of hydrogen-bond acceptors (Lipinski definition) is 4. The third-order valence-electron chi connectivity index (χ3n) is 3.00. The first-order chi connectivity index (χ1) is 10.3. The third-order valence-corrected chi connectivity index (χ3v) is 3.00. The van der Waals surface area contributed by atoms with Crippen LogP contribution in [0.4, 0.5) is 5.69 Å². The number of hydrogen-bond donors (Lipinski definition) is 2. The Balaban J connectivity index is 2.63. The summed E-state index contributed by atoms with van der Waals surface area (Å²) in [5.41, 5.74) is 6.87. The fraction of sp³-hybridized carbons (Fsp3) is 0.438. The third kappa shape index (κ3) is 5.65. The van der Waals surface area contributed by atoms with Gasteiger partial charge in [-0.25, -0.2) is 5.43 Å². The van der Waals surface area contributed by atoms with Crippen LogP contribution in [0.25, 0.3) is 0 Å². The average Bonchev–Trinajstić information content (AvgIpc) is 2.41. The van der Waals surface area contributed by atoms with Crippen LogP contribution in [0, 0.1) is 20.8 Å². The van der Waals surface area contributed by atoms with Crippen molar-refractivity contribution in [2.24, 2.45) is 5.10 Å². The molecule has 0 saturated carbocycles. The predicted molar refractivity (Wildman–Crippen MR) is 87.0 cm³/mol. The van der Waals surface area contributed by atoms with Crippen molar-refractivity contribution >= 4 is 23.2 Å². The number of aryl methyl sites for hydroxylation is 3. The standard InChI is InChI=1S/C16H23N3O3/c1-10-6-11(2)16(12(3)7-10)17-14(20)8-13(4)18-19-15(21)9-22-5/h6-7H,8-9H2,1-5H3,(H,17,20)(H,19,21)/b18-13+. The number of methoxy groups -OCH3 is 1. The van der Waals surface area contributed by atoms with E-state index in [2.05, 4.69) is 20.6 Å². The van der Waals surface area contributed by atoms with Crippen LogP contribution >= 0.6 is 0 Å². The fourth-order valence-electron chi connectivity index (χ4n) is 2.15. The summed E-state index contributed by atoms with van der Waals surface area (Å²) in [6.07, 6.45) is 0.111. The van der Waals surface area contributed by atoms with Gasteiger partial charge in [-0.05, 0) is 38.8 Å². The van der Waals surface area contributed by atoms with Crippen molar-refractivity contribution in [3.8, 4) is 0 Å². The molecule has 0 aromatic heterocycles. The Morgan fingerprint density at radius 2 is 1.73 bits per heavy atom. The summed E-state index contributed by atoms with van der Waals surface area (Å²) in [6.45, 7) is 7.56. The molecular formula is C16H23N3O3. The monoisotopic (exact) mass is 305 g/mol. The van der Waals surface area contributed by atoms with Gasteiger partial charge in [-0.2, -0.15) is 5.10 Å². The van der Waals surface area contributed by atoms with E-state index in [1.807, 2.05) is 32.9 Å². The summed E-state index contributed by atoms with van der Waals surface area (Å²) in [5.74, 6) is -0.523. The van der Waals surface area contributed by atoms with Gasteiger partial charge < -0.3 is 10.1 Å². The summed E-state index contributed by atoms with van der Waals surface area (Å²) >= 11 is 0. The zero-order valence-corrected chi connectivity index (χ0v) is 13.7. The minimum absolute atomic E-state index is 0.0647. The number of carbonyl (C=O) groups excluding carboxylic acids is 2. The molecule has 0 aliphatic heterocycles. The van der Waals surface area contributed by atoms with Gasteiger partial charge in [0.15, 0.2) is 0 Å². The molecule has 1 aromatic rings. The molecular weight excluding hydrogens is 282 g/mol. The maximum Gasteiger partial charge on any atom is 0.266 e. The molecule has 0 unspecified atom stereocenters. The highest BCUT2D eigenvalue weighted by Crippen LogP contribution is 2.21. The molecule has 0 aliphatic carbocycles. The van der Waals surface area contributed by atoms with Crippen LogP contribution < -0.4 is 10.7 Å². The van der Waals surface area contributed by atoms with Gasteiger partial charge in [0.2, 0.25) is 5.91 Å². The van der Waals surface area contributed by atoms with Crippen molar-refractivity contribution in [2.75, 3.05) is 19.0 Å². The number of nitrogens with zero attached hydrogens (tertiary/aromatic N) is 1. The molecule has 2 amide bonds. The van der Waals surface area contributed by atoms with E-state index in [9.17, 15) is 9.59 Å². The first-order valence-corrected chi connectivity index (χ1v) is 7.02. The fourth-order valence-corrected chi connectivity index (χ4v) is 2.15. The summed E-state index contributed by atoms with van der Waals surface area (Å²) < 4.78 is 4.67. The van der Waals surface area contributed by atoms with Crippen molar-refractivity contribution in [1.82, 2.24) is 5.43 Å². The second-order valence-corrected chi connectivity index (χ2v) is 5.31. The highest BCUT2D eigenvalue weighted by atomic mass is 16.5. The predicted octanol–water partition coefficient (Wildman–Crippen LogP) is 2.08. The van der Waals surface area contributed by atoms with Crippen LogP contribution in [-0.2, 0) is 14.3 Å². The van der Waals surface area contributed by atoms with Gasteiger partial charge >= 0.3 is 0 Å². The minimum atomic E-state index is -0.354. The van der Waals surface area contributed by atoms with E-state index in [0.717, 1.165) is 22.4 Å². The smallest absolute Gasteiger partial charge is 0.266 e. The molecule has 6 heteroatoms.